The van der Waals surface area contributed by atoms with Gasteiger partial charge in [0.2, 0.25) is 5.95 Å². The Balaban J connectivity index is 1.31. The van der Waals surface area contributed by atoms with Crippen LogP contribution in [0.5, 0.6) is 5.75 Å². The Bertz CT molecular complexity index is 1400. The zero-order valence-corrected chi connectivity index (χ0v) is 23.5. The summed E-state index contributed by atoms with van der Waals surface area (Å²) in [7, 11) is 4.00. The van der Waals surface area contributed by atoms with Gasteiger partial charge in [-0.25, -0.2) is 9.37 Å². The molecule has 6 rings (SSSR count). The number of anilines is 1. The van der Waals surface area contributed by atoms with Crippen LogP contribution in [0.2, 0.25) is 0 Å². The molecule has 1 aromatic carbocycles. The summed E-state index contributed by atoms with van der Waals surface area (Å²) in [5, 5.41) is 3.14. The van der Waals surface area contributed by atoms with Crippen LogP contribution in [0.15, 0.2) is 36.8 Å². The number of carbonyl (C=O) groups excluding carboxylic acids is 1. The molecule has 0 bridgehead atoms. The lowest BCUT2D eigenvalue weighted by Crippen LogP contribution is -2.48. The molecule has 1 amide bonds. The highest BCUT2D eigenvalue weighted by Crippen LogP contribution is 2.54. The summed E-state index contributed by atoms with van der Waals surface area (Å²) in [6, 6.07) is 6.42. The molecule has 2 fully saturated rings. The van der Waals surface area contributed by atoms with Crippen LogP contribution in [0.1, 0.15) is 52.5 Å². The van der Waals surface area contributed by atoms with Crippen LogP contribution in [-0.2, 0) is 29.7 Å². The molecule has 0 unspecified atom stereocenters. The van der Waals surface area contributed by atoms with Gasteiger partial charge in [-0.1, -0.05) is 6.07 Å². The lowest BCUT2D eigenvalue weighted by atomic mass is 9.81. The third-order valence-electron chi connectivity index (χ3n) is 8.44. The number of imidazole rings is 1. The first kappa shape index (κ1) is 26.7. The highest BCUT2D eigenvalue weighted by atomic mass is 19.1. The third kappa shape index (κ3) is 5.06. The Morgan fingerprint density at radius 3 is 2.77 bits per heavy atom. The number of hydrogen-bond acceptors (Lipinski definition) is 7. The van der Waals surface area contributed by atoms with E-state index in [1.165, 1.54) is 17.3 Å². The summed E-state index contributed by atoms with van der Waals surface area (Å²) in [6.45, 7) is 6.33. The number of ether oxygens (including phenoxy) is 2. The van der Waals surface area contributed by atoms with E-state index in [4.69, 9.17) is 9.47 Å². The fraction of sp³-hybridized carbons (Fsp3) is 0.500. The maximum atomic E-state index is 14.0. The van der Waals surface area contributed by atoms with E-state index in [1.807, 2.05) is 25.1 Å². The molecule has 1 aliphatic carbocycles. The van der Waals surface area contributed by atoms with Gasteiger partial charge in [-0.15, -0.1) is 0 Å². The SMILES string of the molecule is CCOc1cc(CCN2CC3(CC3)c3c(CN(C)C4COC4)cc(Cn4ccnc4NC)cc3C2=O)ncc1F. The summed E-state index contributed by atoms with van der Waals surface area (Å²) < 4.78 is 27.0. The number of amides is 1. The lowest BCUT2D eigenvalue weighted by molar-refractivity contribution is -0.0587. The predicted octanol–water partition coefficient (Wildman–Crippen LogP) is 3.47. The minimum atomic E-state index is -0.469. The number of aromatic nitrogens is 3. The Morgan fingerprint density at radius 1 is 1.25 bits per heavy atom. The van der Waals surface area contributed by atoms with Crippen molar-refractivity contribution in [3.63, 3.8) is 0 Å². The zero-order chi connectivity index (χ0) is 27.9. The van der Waals surface area contributed by atoms with E-state index >= 15 is 0 Å². The second-order valence-corrected chi connectivity index (χ2v) is 11.2. The van der Waals surface area contributed by atoms with Crippen LogP contribution in [-0.4, -0.2) is 83.3 Å². The molecule has 10 heteroatoms. The fourth-order valence-electron chi connectivity index (χ4n) is 6.06. The summed E-state index contributed by atoms with van der Waals surface area (Å²) >= 11 is 0. The van der Waals surface area contributed by atoms with E-state index < -0.39 is 5.82 Å². The molecule has 3 aliphatic rings. The normalized spacial score (nSPS) is 17.7. The number of carbonyl (C=O) groups is 1. The van der Waals surface area contributed by atoms with Gasteiger partial charge in [-0.2, -0.15) is 0 Å². The Morgan fingerprint density at radius 2 is 2.08 bits per heavy atom. The lowest BCUT2D eigenvalue weighted by Gasteiger charge is -2.39. The third-order valence-corrected chi connectivity index (χ3v) is 8.44. The molecule has 9 nitrogen and oxygen atoms in total. The average molecular weight is 549 g/mol. The van der Waals surface area contributed by atoms with Gasteiger partial charge in [0.1, 0.15) is 0 Å². The molecule has 2 aromatic heterocycles. The van der Waals surface area contributed by atoms with Crippen molar-refractivity contribution in [1.82, 2.24) is 24.3 Å². The molecule has 212 valence electrons. The Kier molecular flexibility index (Phi) is 7.22. The zero-order valence-electron chi connectivity index (χ0n) is 23.5. The number of nitrogens with one attached hydrogen (secondary N) is 1. The first-order valence-corrected chi connectivity index (χ1v) is 14.1. The second-order valence-electron chi connectivity index (χ2n) is 11.2. The molecule has 1 saturated heterocycles. The number of likely N-dealkylation sites (N-methyl/N-ethyl adjacent to an activating group) is 1. The minimum absolute atomic E-state index is 0.00803. The van der Waals surface area contributed by atoms with Crippen LogP contribution in [0, 0.1) is 5.82 Å². The van der Waals surface area contributed by atoms with Crippen LogP contribution in [0.25, 0.3) is 0 Å². The summed E-state index contributed by atoms with van der Waals surface area (Å²) in [4.78, 5) is 27.0. The maximum absolute atomic E-state index is 14.0. The van der Waals surface area contributed by atoms with Crippen LogP contribution in [0.4, 0.5) is 10.3 Å². The summed E-state index contributed by atoms with van der Waals surface area (Å²) in [6.07, 6.45) is 7.61. The summed E-state index contributed by atoms with van der Waals surface area (Å²) in [5.41, 5.74) is 5.05. The number of nitrogens with zero attached hydrogens (tertiary/aromatic N) is 5. The molecule has 4 heterocycles. The van der Waals surface area contributed by atoms with Gasteiger partial charge in [0.15, 0.2) is 11.6 Å². The number of benzene rings is 1. The topological polar surface area (TPSA) is 84.8 Å². The Hall–Kier alpha value is -3.50. The molecule has 0 radical (unpaired) electrons. The molecule has 0 atom stereocenters. The largest absolute Gasteiger partial charge is 0.491 e. The van der Waals surface area contributed by atoms with Crippen LogP contribution < -0.4 is 10.1 Å². The van der Waals surface area contributed by atoms with Gasteiger partial charge < -0.3 is 24.3 Å². The smallest absolute Gasteiger partial charge is 0.254 e. The van der Waals surface area contributed by atoms with E-state index in [9.17, 15) is 9.18 Å². The quantitative estimate of drug-likeness (QED) is 0.393. The van der Waals surface area contributed by atoms with Gasteiger partial charge in [-0.05, 0) is 49.6 Å². The van der Waals surface area contributed by atoms with Crippen molar-refractivity contribution in [1.29, 1.82) is 0 Å². The van der Waals surface area contributed by atoms with Crippen molar-refractivity contribution >= 4 is 11.9 Å². The molecule has 2 aliphatic heterocycles. The first-order valence-electron chi connectivity index (χ1n) is 14.1. The van der Waals surface area contributed by atoms with Crippen molar-refractivity contribution in [3.05, 3.63) is 70.6 Å². The predicted molar refractivity (Wildman–Crippen MR) is 149 cm³/mol. The van der Waals surface area contributed by atoms with Gasteiger partial charge in [0, 0.05) is 68.2 Å². The number of pyridine rings is 1. The van der Waals surface area contributed by atoms with Gasteiger partial charge in [0.05, 0.1) is 38.6 Å². The van der Waals surface area contributed by atoms with Crippen molar-refractivity contribution in [2.45, 2.75) is 50.7 Å². The number of halogens is 1. The van der Waals surface area contributed by atoms with E-state index in [0.717, 1.165) is 49.7 Å². The highest BCUT2D eigenvalue weighted by Gasteiger charge is 2.52. The van der Waals surface area contributed by atoms with Gasteiger partial charge >= 0.3 is 0 Å². The van der Waals surface area contributed by atoms with Crippen LogP contribution in [0.3, 0.4) is 0 Å². The highest BCUT2D eigenvalue weighted by molar-refractivity contribution is 5.98. The number of hydrogen-bond donors (Lipinski definition) is 1. The van der Waals surface area contributed by atoms with Crippen LogP contribution >= 0.6 is 0 Å². The van der Waals surface area contributed by atoms with E-state index in [-0.39, 0.29) is 17.1 Å². The van der Waals surface area contributed by atoms with Gasteiger partial charge in [-0.3, -0.25) is 14.7 Å². The molecule has 40 heavy (non-hydrogen) atoms. The van der Waals surface area contributed by atoms with Crippen molar-refractivity contribution < 1.29 is 18.7 Å². The van der Waals surface area contributed by atoms with Crippen molar-refractivity contribution in [2.24, 2.45) is 0 Å². The molecule has 3 aromatic rings. The number of rotatable bonds is 11. The maximum Gasteiger partial charge on any atom is 0.254 e. The van der Waals surface area contributed by atoms with Crippen molar-refractivity contribution in [3.8, 4) is 5.75 Å². The standard InChI is InChI=1S/C30H37FN6O3/c1-4-40-26-13-22(34-14-25(26)31)5-9-37-19-30(6-7-30)27-21(16-35(3)23-17-39-18-23)11-20(12-24(27)28(37)38)15-36-10-8-33-29(36)32-2/h8,10-14,23H,4-7,9,15-19H2,1-3H3,(H,32,33). The minimum Gasteiger partial charge on any atom is -0.491 e. The monoisotopic (exact) mass is 548 g/mol. The first-order chi connectivity index (χ1) is 19.4. The average Bonchev–Trinajstić information content (AvgIpc) is 3.53. The van der Waals surface area contributed by atoms with Crippen molar-refractivity contribution in [2.75, 3.05) is 52.3 Å². The van der Waals surface area contributed by atoms with E-state index in [2.05, 4.69) is 43.9 Å². The molecular formula is C30H37FN6O3. The summed E-state index contributed by atoms with van der Waals surface area (Å²) in [5.74, 6) is 0.574. The fourth-order valence-corrected chi connectivity index (χ4v) is 6.06. The molecule has 1 N–H and O–H groups in total. The molecule has 1 spiro atoms. The number of fused-ring (bicyclic) bond motifs is 2. The second kappa shape index (κ2) is 10.8. The molecular weight excluding hydrogens is 511 g/mol. The Labute approximate surface area is 234 Å². The van der Waals surface area contributed by atoms with E-state index in [0.29, 0.717) is 44.4 Å². The van der Waals surface area contributed by atoms with Gasteiger partial charge in [0.25, 0.3) is 5.91 Å². The van der Waals surface area contributed by atoms with E-state index in [1.54, 1.807) is 12.3 Å². The molecule has 1 saturated carbocycles.